The summed E-state index contributed by atoms with van der Waals surface area (Å²) in [7, 11) is -2.20. The van der Waals surface area contributed by atoms with Crippen LogP contribution in [-0.4, -0.2) is 24.7 Å². The van der Waals surface area contributed by atoms with E-state index in [1.165, 1.54) is 4.09 Å². The van der Waals surface area contributed by atoms with Gasteiger partial charge in [-0.3, -0.25) is 0 Å². The maximum Gasteiger partial charge on any atom is 0.283 e. The lowest BCUT2D eigenvalue weighted by atomic mass is 9.99. The summed E-state index contributed by atoms with van der Waals surface area (Å²) in [6, 6.07) is 14.2. The Morgan fingerprint density at radius 3 is 2.41 bits per heavy atom. The van der Waals surface area contributed by atoms with Gasteiger partial charge in [-0.05, 0) is 56.2 Å². The third-order valence-electron chi connectivity index (χ3n) is 4.71. The first-order valence-corrected chi connectivity index (χ1v) is 10.2. The summed E-state index contributed by atoms with van der Waals surface area (Å²) in [5.74, 6) is 0.718. The lowest BCUT2D eigenvalue weighted by Crippen LogP contribution is -2.16. The second-order valence-electron chi connectivity index (χ2n) is 6.54. The SMILES string of the molecule is COc1ccc(-c2c3c(nn2S(=O)(=O)c2ccc(C)cc2)CCC=C3)cc1. The molecule has 0 fully saturated rings. The van der Waals surface area contributed by atoms with Gasteiger partial charge in [-0.2, -0.15) is 17.6 Å². The summed E-state index contributed by atoms with van der Waals surface area (Å²) in [6.07, 6.45) is 5.61. The van der Waals surface area contributed by atoms with Crippen molar-refractivity contribution in [3.05, 3.63) is 71.4 Å². The average Bonchev–Trinajstić information content (AvgIpc) is 3.09. The Balaban J connectivity index is 1.94. The van der Waals surface area contributed by atoms with E-state index < -0.39 is 10.0 Å². The van der Waals surface area contributed by atoms with E-state index in [1.807, 2.05) is 37.3 Å². The number of aryl methyl sites for hydroxylation is 2. The van der Waals surface area contributed by atoms with Crippen LogP contribution in [0.25, 0.3) is 17.3 Å². The van der Waals surface area contributed by atoms with Crippen LogP contribution in [0.3, 0.4) is 0 Å². The summed E-state index contributed by atoms with van der Waals surface area (Å²) < 4.78 is 33.1. The van der Waals surface area contributed by atoms with Gasteiger partial charge in [0.1, 0.15) is 5.75 Å². The molecule has 0 saturated heterocycles. The Morgan fingerprint density at radius 1 is 1.04 bits per heavy atom. The number of allylic oxidation sites excluding steroid dienone is 1. The van der Waals surface area contributed by atoms with Crippen molar-refractivity contribution in [2.45, 2.75) is 24.7 Å². The minimum Gasteiger partial charge on any atom is -0.497 e. The Bertz CT molecular complexity index is 1110. The average molecular weight is 380 g/mol. The van der Waals surface area contributed by atoms with Crippen molar-refractivity contribution in [1.82, 2.24) is 9.19 Å². The number of nitrogens with zero attached hydrogens (tertiary/aromatic N) is 2. The van der Waals surface area contributed by atoms with Crippen LogP contribution in [0.2, 0.25) is 0 Å². The molecule has 27 heavy (non-hydrogen) atoms. The van der Waals surface area contributed by atoms with Crippen molar-refractivity contribution in [3.8, 4) is 17.0 Å². The van der Waals surface area contributed by atoms with E-state index >= 15 is 0 Å². The van der Waals surface area contributed by atoms with Crippen LogP contribution in [0.4, 0.5) is 0 Å². The molecule has 1 aromatic heterocycles. The summed E-state index contributed by atoms with van der Waals surface area (Å²) >= 11 is 0. The van der Waals surface area contributed by atoms with Crippen molar-refractivity contribution in [2.24, 2.45) is 0 Å². The van der Waals surface area contributed by atoms with Crippen LogP contribution in [0.1, 0.15) is 23.2 Å². The minimum absolute atomic E-state index is 0.228. The van der Waals surface area contributed by atoms with Crippen LogP contribution >= 0.6 is 0 Å². The molecule has 0 N–H and O–H groups in total. The standard InChI is InChI=1S/C21H20N2O3S/c1-15-7-13-18(14-8-15)27(24,25)23-21(16-9-11-17(26-2)12-10-16)19-5-3-4-6-20(19)22-23/h3,5,7-14H,4,6H2,1-2H3. The summed E-state index contributed by atoms with van der Waals surface area (Å²) in [5, 5.41) is 4.49. The molecule has 0 aliphatic heterocycles. The highest BCUT2D eigenvalue weighted by atomic mass is 32.2. The highest BCUT2D eigenvalue weighted by Gasteiger charge is 2.27. The van der Waals surface area contributed by atoms with Gasteiger partial charge in [0, 0.05) is 11.1 Å². The highest BCUT2D eigenvalue weighted by molar-refractivity contribution is 7.90. The second-order valence-corrected chi connectivity index (χ2v) is 8.31. The van der Waals surface area contributed by atoms with Crippen molar-refractivity contribution in [1.29, 1.82) is 0 Å². The van der Waals surface area contributed by atoms with E-state index in [0.717, 1.165) is 41.0 Å². The molecule has 0 atom stereocenters. The maximum atomic E-state index is 13.3. The smallest absolute Gasteiger partial charge is 0.283 e. The maximum absolute atomic E-state index is 13.3. The zero-order valence-corrected chi connectivity index (χ0v) is 16.0. The van der Waals surface area contributed by atoms with Gasteiger partial charge < -0.3 is 4.74 Å². The van der Waals surface area contributed by atoms with Crippen LogP contribution in [0.15, 0.2) is 59.5 Å². The predicted octanol–water partition coefficient (Wildman–Crippen LogP) is 4.06. The molecular weight excluding hydrogens is 360 g/mol. The van der Waals surface area contributed by atoms with Gasteiger partial charge in [-0.25, -0.2) is 0 Å². The summed E-state index contributed by atoms with van der Waals surface area (Å²) in [6.45, 7) is 1.93. The molecule has 5 nitrogen and oxygen atoms in total. The van der Waals surface area contributed by atoms with Crippen molar-refractivity contribution < 1.29 is 13.2 Å². The van der Waals surface area contributed by atoms with Gasteiger partial charge in [-0.15, -0.1) is 0 Å². The number of rotatable bonds is 4. The lowest BCUT2D eigenvalue weighted by Gasteiger charge is -2.11. The zero-order chi connectivity index (χ0) is 19.0. The fourth-order valence-corrected chi connectivity index (χ4v) is 4.56. The molecule has 0 unspecified atom stereocenters. The van der Waals surface area contributed by atoms with Crippen LogP contribution < -0.4 is 4.74 Å². The molecule has 1 heterocycles. The molecule has 6 heteroatoms. The van der Waals surface area contributed by atoms with Gasteiger partial charge in [0.15, 0.2) is 0 Å². The highest BCUT2D eigenvalue weighted by Crippen LogP contribution is 2.34. The van der Waals surface area contributed by atoms with E-state index in [2.05, 4.69) is 11.2 Å². The molecule has 138 valence electrons. The Kier molecular flexibility index (Phi) is 4.36. The normalized spacial score (nSPS) is 13.4. The number of ether oxygens (including phenoxy) is 1. The summed E-state index contributed by atoms with van der Waals surface area (Å²) in [4.78, 5) is 0.228. The quantitative estimate of drug-likeness (QED) is 0.685. The van der Waals surface area contributed by atoms with E-state index in [4.69, 9.17) is 4.74 Å². The molecule has 1 aliphatic rings. The molecule has 2 aromatic carbocycles. The lowest BCUT2D eigenvalue weighted by molar-refractivity contribution is 0.415. The van der Waals surface area contributed by atoms with E-state index in [0.29, 0.717) is 5.69 Å². The topological polar surface area (TPSA) is 61.2 Å². The first-order chi connectivity index (χ1) is 13.0. The largest absolute Gasteiger partial charge is 0.497 e. The Hall–Kier alpha value is -2.86. The number of fused-ring (bicyclic) bond motifs is 1. The third-order valence-corrected chi connectivity index (χ3v) is 6.30. The fraction of sp³-hybridized carbons (Fsp3) is 0.190. The van der Waals surface area contributed by atoms with E-state index in [1.54, 1.807) is 31.4 Å². The molecule has 0 spiro atoms. The van der Waals surface area contributed by atoms with Crippen molar-refractivity contribution in [3.63, 3.8) is 0 Å². The Labute approximate surface area is 159 Å². The molecule has 1 aliphatic carbocycles. The van der Waals surface area contributed by atoms with Crippen LogP contribution in [-0.2, 0) is 16.4 Å². The van der Waals surface area contributed by atoms with Gasteiger partial charge >= 0.3 is 0 Å². The van der Waals surface area contributed by atoms with Crippen molar-refractivity contribution >= 4 is 16.1 Å². The fourth-order valence-electron chi connectivity index (χ4n) is 3.23. The molecule has 0 radical (unpaired) electrons. The molecule has 0 amide bonds. The van der Waals surface area contributed by atoms with Gasteiger partial charge in [-0.1, -0.05) is 29.8 Å². The first kappa shape index (κ1) is 17.5. The molecule has 0 bridgehead atoms. The van der Waals surface area contributed by atoms with Gasteiger partial charge in [0.05, 0.1) is 23.4 Å². The molecule has 4 rings (SSSR count). The number of aromatic nitrogens is 2. The summed E-state index contributed by atoms with van der Waals surface area (Å²) in [5.41, 5.74) is 4.05. The molecule has 0 saturated carbocycles. The number of methoxy groups -OCH3 is 1. The van der Waals surface area contributed by atoms with Crippen LogP contribution in [0, 0.1) is 6.92 Å². The molecular formula is C21H20N2O3S. The second kappa shape index (κ2) is 6.70. The molecule has 3 aromatic rings. The first-order valence-electron chi connectivity index (χ1n) is 8.76. The van der Waals surface area contributed by atoms with Crippen molar-refractivity contribution in [2.75, 3.05) is 7.11 Å². The predicted molar refractivity (Wildman–Crippen MR) is 105 cm³/mol. The van der Waals surface area contributed by atoms with E-state index in [9.17, 15) is 8.42 Å². The zero-order valence-electron chi connectivity index (χ0n) is 15.2. The van der Waals surface area contributed by atoms with Gasteiger partial charge in [0.2, 0.25) is 0 Å². The number of hydrogen-bond donors (Lipinski definition) is 0. The minimum atomic E-state index is -3.80. The van der Waals surface area contributed by atoms with Gasteiger partial charge in [0.25, 0.3) is 10.0 Å². The Morgan fingerprint density at radius 2 is 1.74 bits per heavy atom. The van der Waals surface area contributed by atoms with Crippen LogP contribution in [0.5, 0.6) is 5.75 Å². The van der Waals surface area contributed by atoms with E-state index in [-0.39, 0.29) is 4.90 Å². The third kappa shape index (κ3) is 3.06. The monoisotopic (exact) mass is 380 g/mol. The number of benzene rings is 2. The number of hydrogen-bond acceptors (Lipinski definition) is 4.